The van der Waals surface area contributed by atoms with Crippen molar-refractivity contribution in [3.63, 3.8) is 0 Å². The van der Waals surface area contributed by atoms with E-state index in [1.165, 1.54) is 0 Å². The van der Waals surface area contributed by atoms with Crippen LogP contribution in [0.2, 0.25) is 10.0 Å². The molecular weight excluding hydrogens is 269 g/mol. The fourth-order valence-electron chi connectivity index (χ4n) is 1.39. The number of ether oxygens (including phenoxy) is 1. The molecule has 0 aliphatic rings. The minimum atomic E-state index is 0.133. The molecule has 1 aromatic carbocycles. The van der Waals surface area contributed by atoms with Gasteiger partial charge in [0.25, 0.3) is 0 Å². The van der Waals surface area contributed by atoms with Crippen molar-refractivity contribution in [2.45, 2.75) is 33.2 Å². The second-order valence-electron chi connectivity index (χ2n) is 5.65. The molecule has 1 N–H and O–H groups in total. The van der Waals surface area contributed by atoms with Crippen LogP contribution in [0, 0.1) is 5.92 Å². The number of rotatable bonds is 5. The van der Waals surface area contributed by atoms with Gasteiger partial charge in [-0.2, -0.15) is 0 Å². The van der Waals surface area contributed by atoms with Crippen LogP contribution in [0.1, 0.15) is 27.7 Å². The highest BCUT2D eigenvalue weighted by Crippen LogP contribution is 2.24. The molecule has 0 amide bonds. The molecule has 1 aromatic rings. The van der Waals surface area contributed by atoms with Gasteiger partial charge >= 0.3 is 0 Å². The maximum atomic E-state index is 5.91. The van der Waals surface area contributed by atoms with Crippen molar-refractivity contribution in [1.82, 2.24) is 5.32 Å². The zero-order chi connectivity index (χ0) is 13.8. The van der Waals surface area contributed by atoms with Gasteiger partial charge in [0.1, 0.15) is 5.75 Å². The van der Waals surface area contributed by atoms with E-state index in [-0.39, 0.29) is 5.54 Å². The van der Waals surface area contributed by atoms with Crippen LogP contribution < -0.4 is 10.1 Å². The van der Waals surface area contributed by atoms with Crippen molar-refractivity contribution in [2.75, 3.05) is 13.2 Å². The number of benzene rings is 1. The Bertz CT molecular complexity index is 368. The molecule has 0 aliphatic heterocycles. The van der Waals surface area contributed by atoms with E-state index in [1.807, 2.05) is 0 Å². The van der Waals surface area contributed by atoms with Gasteiger partial charge in [0.15, 0.2) is 0 Å². The number of hydrogen-bond acceptors (Lipinski definition) is 2. The predicted octanol–water partition coefficient (Wildman–Crippen LogP) is 4.40. The standard InChI is InChI=1S/C14H21Cl2NO/c1-10(8-17-14(2,3)4)9-18-13-6-11(15)5-12(16)7-13/h5-7,10,17H,8-9H2,1-4H3. The van der Waals surface area contributed by atoms with E-state index in [0.29, 0.717) is 22.6 Å². The van der Waals surface area contributed by atoms with E-state index in [9.17, 15) is 0 Å². The van der Waals surface area contributed by atoms with E-state index >= 15 is 0 Å². The fraction of sp³-hybridized carbons (Fsp3) is 0.571. The number of halogens is 2. The second kappa shape index (κ2) is 6.65. The normalized spacial score (nSPS) is 13.4. The van der Waals surface area contributed by atoms with Crippen molar-refractivity contribution in [3.05, 3.63) is 28.2 Å². The third-order valence-corrected chi connectivity index (χ3v) is 2.79. The summed E-state index contributed by atoms with van der Waals surface area (Å²) in [5.74, 6) is 1.14. The first-order valence-electron chi connectivity index (χ1n) is 6.10. The number of nitrogens with one attached hydrogen (secondary N) is 1. The zero-order valence-corrected chi connectivity index (χ0v) is 12.9. The molecule has 0 saturated carbocycles. The third-order valence-electron chi connectivity index (χ3n) is 2.35. The molecule has 2 nitrogen and oxygen atoms in total. The Balaban J connectivity index is 2.40. The summed E-state index contributed by atoms with van der Waals surface area (Å²) in [7, 11) is 0. The van der Waals surface area contributed by atoms with E-state index in [1.54, 1.807) is 18.2 Å². The molecule has 0 bridgehead atoms. The summed E-state index contributed by atoms with van der Waals surface area (Å²) < 4.78 is 5.69. The van der Waals surface area contributed by atoms with Crippen molar-refractivity contribution < 1.29 is 4.74 Å². The highest BCUT2D eigenvalue weighted by Gasteiger charge is 2.11. The number of hydrogen-bond donors (Lipinski definition) is 1. The van der Waals surface area contributed by atoms with Gasteiger partial charge in [-0.3, -0.25) is 0 Å². The summed E-state index contributed by atoms with van der Waals surface area (Å²) in [6, 6.07) is 5.25. The maximum Gasteiger partial charge on any atom is 0.122 e. The summed E-state index contributed by atoms with van der Waals surface area (Å²) in [5, 5.41) is 4.64. The zero-order valence-electron chi connectivity index (χ0n) is 11.4. The Morgan fingerprint density at radius 1 is 1.17 bits per heavy atom. The van der Waals surface area contributed by atoms with Gasteiger partial charge in [-0.25, -0.2) is 0 Å². The predicted molar refractivity (Wildman–Crippen MR) is 78.9 cm³/mol. The molecule has 0 fully saturated rings. The lowest BCUT2D eigenvalue weighted by molar-refractivity contribution is 0.244. The minimum absolute atomic E-state index is 0.133. The molecule has 0 heterocycles. The molecule has 18 heavy (non-hydrogen) atoms. The Hall–Kier alpha value is -0.440. The molecule has 0 aromatic heterocycles. The van der Waals surface area contributed by atoms with Crippen molar-refractivity contribution in [3.8, 4) is 5.75 Å². The van der Waals surface area contributed by atoms with Crippen LogP contribution in [-0.4, -0.2) is 18.7 Å². The minimum Gasteiger partial charge on any atom is -0.493 e. The summed E-state index contributed by atoms with van der Waals surface area (Å²) in [6.07, 6.45) is 0. The molecule has 0 radical (unpaired) electrons. The van der Waals surface area contributed by atoms with Gasteiger partial charge in [-0.15, -0.1) is 0 Å². The van der Waals surface area contributed by atoms with Crippen LogP contribution in [-0.2, 0) is 0 Å². The highest BCUT2D eigenvalue weighted by atomic mass is 35.5. The molecule has 0 spiro atoms. The lowest BCUT2D eigenvalue weighted by Crippen LogP contribution is -2.39. The van der Waals surface area contributed by atoms with E-state index in [2.05, 4.69) is 33.0 Å². The summed E-state index contributed by atoms with van der Waals surface area (Å²) >= 11 is 11.8. The van der Waals surface area contributed by atoms with Crippen LogP contribution in [0.5, 0.6) is 5.75 Å². The van der Waals surface area contributed by atoms with Crippen LogP contribution in [0.25, 0.3) is 0 Å². The fourth-order valence-corrected chi connectivity index (χ4v) is 1.90. The van der Waals surface area contributed by atoms with Crippen molar-refractivity contribution in [1.29, 1.82) is 0 Å². The Morgan fingerprint density at radius 2 is 1.72 bits per heavy atom. The first-order valence-corrected chi connectivity index (χ1v) is 6.86. The largest absolute Gasteiger partial charge is 0.493 e. The molecule has 1 atom stereocenters. The van der Waals surface area contributed by atoms with Gasteiger partial charge in [0.05, 0.1) is 6.61 Å². The molecule has 4 heteroatoms. The Labute approximate surface area is 120 Å². The summed E-state index contributed by atoms with van der Waals surface area (Å²) in [5.41, 5.74) is 0.133. The van der Waals surface area contributed by atoms with Crippen LogP contribution in [0.15, 0.2) is 18.2 Å². The SMILES string of the molecule is CC(CNC(C)(C)C)COc1cc(Cl)cc(Cl)c1. The molecule has 0 saturated heterocycles. The molecular formula is C14H21Cl2NO. The summed E-state index contributed by atoms with van der Waals surface area (Å²) in [6.45, 7) is 10.1. The van der Waals surface area contributed by atoms with Gasteiger partial charge in [-0.1, -0.05) is 30.1 Å². The first-order chi connectivity index (χ1) is 8.26. The van der Waals surface area contributed by atoms with Gasteiger partial charge in [0, 0.05) is 28.0 Å². The van der Waals surface area contributed by atoms with Gasteiger partial charge in [-0.05, 0) is 39.0 Å². The molecule has 1 unspecified atom stereocenters. The Kier molecular flexibility index (Phi) is 5.77. The molecule has 0 aliphatic carbocycles. The quantitative estimate of drug-likeness (QED) is 0.868. The van der Waals surface area contributed by atoms with Crippen LogP contribution in [0.4, 0.5) is 0 Å². The maximum absolute atomic E-state index is 5.91. The average molecular weight is 290 g/mol. The van der Waals surface area contributed by atoms with Crippen molar-refractivity contribution in [2.24, 2.45) is 5.92 Å². The van der Waals surface area contributed by atoms with Crippen molar-refractivity contribution >= 4 is 23.2 Å². The van der Waals surface area contributed by atoms with Gasteiger partial charge < -0.3 is 10.1 Å². The monoisotopic (exact) mass is 289 g/mol. The second-order valence-corrected chi connectivity index (χ2v) is 6.53. The average Bonchev–Trinajstić information content (AvgIpc) is 2.21. The molecule has 102 valence electrons. The first kappa shape index (κ1) is 15.6. The summed E-state index contributed by atoms with van der Waals surface area (Å²) in [4.78, 5) is 0. The smallest absolute Gasteiger partial charge is 0.122 e. The van der Waals surface area contributed by atoms with Gasteiger partial charge in [0.2, 0.25) is 0 Å². The lowest BCUT2D eigenvalue weighted by atomic mass is 10.1. The molecule has 1 rings (SSSR count). The lowest BCUT2D eigenvalue weighted by Gasteiger charge is -2.23. The topological polar surface area (TPSA) is 21.3 Å². The van der Waals surface area contributed by atoms with E-state index in [4.69, 9.17) is 27.9 Å². The highest BCUT2D eigenvalue weighted by molar-refractivity contribution is 6.34. The van der Waals surface area contributed by atoms with E-state index in [0.717, 1.165) is 12.3 Å². The van der Waals surface area contributed by atoms with Crippen LogP contribution in [0.3, 0.4) is 0 Å². The van der Waals surface area contributed by atoms with E-state index < -0.39 is 0 Å². The Morgan fingerprint density at radius 3 is 2.22 bits per heavy atom. The third kappa shape index (κ3) is 6.48. The van der Waals surface area contributed by atoms with Crippen LogP contribution >= 0.6 is 23.2 Å².